The number of rotatable bonds is 9. The van der Waals surface area contributed by atoms with Gasteiger partial charge >= 0.3 is 0 Å². The smallest absolute Gasteiger partial charge is 0.270 e. The number of benzene rings is 3. The number of hydrogen-bond donors (Lipinski definition) is 1. The van der Waals surface area contributed by atoms with Crippen LogP contribution in [-0.4, -0.2) is 29.0 Å². The second-order valence-electron chi connectivity index (χ2n) is 8.45. The van der Waals surface area contributed by atoms with Gasteiger partial charge in [-0.2, -0.15) is 0 Å². The highest BCUT2D eigenvalue weighted by Gasteiger charge is 2.35. The number of anilines is 1. The summed E-state index contributed by atoms with van der Waals surface area (Å²) in [5.74, 6) is -0.578. The number of thiocarbonyl (C=S) groups is 1. The minimum atomic E-state index is -0.680. The van der Waals surface area contributed by atoms with Crippen LogP contribution in [0.15, 0.2) is 72.8 Å². The first-order valence-corrected chi connectivity index (χ1v) is 12.8. The number of allylic oxidation sites excluding steroid dienone is 1. The highest BCUT2D eigenvalue weighted by atomic mass is 35.5. The normalized spacial score (nSPS) is 14.2. The van der Waals surface area contributed by atoms with E-state index < -0.39 is 16.7 Å². The molecular weight excluding hydrogens is 577 g/mol. The van der Waals surface area contributed by atoms with Gasteiger partial charge in [0.15, 0.2) is 16.6 Å². The number of nitro groups is 1. The van der Waals surface area contributed by atoms with E-state index in [1.165, 1.54) is 25.3 Å². The number of amides is 2. The molecule has 1 aliphatic heterocycles. The summed E-state index contributed by atoms with van der Waals surface area (Å²) in [5, 5.41) is 13.6. The first-order valence-electron chi connectivity index (χ1n) is 11.7. The Morgan fingerprint density at radius 1 is 1.15 bits per heavy atom. The van der Waals surface area contributed by atoms with Crippen LogP contribution < -0.4 is 19.7 Å². The van der Waals surface area contributed by atoms with Crippen LogP contribution in [0.1, 0.15) is 16.7 Å². The molecule has 0 saturated carbocycles. The van der Waals surface area contributed by atoms with Crippen LogP contribution >= 0.6 is 35.4 Å². The first kappa shape index (κ1) is 28.8. The average molecular weight is 598 g/mol. The van der Waals surface area contributed by atoms with Crippen molar-refractivity contribution in [3.63, 3.8) is 0 Å². The fourth-order valence-corrected chi connectivity index (χ4v) is 4.62. The highest BCUT2D eigenvalue weighted by molar-refractivity contribution is 7.80. The Morgan fingerprint density at radius 2 is 1.88 bits per heavy atom. The fourth-order valence-electron chi connectivity index (χ4n) is 3.97. The molecule has 1 N–H and O–H groups in total. The molecule has 3 aromatic carbocycles. The van der Waals surface area contributed by atoms with Gasteiger partial charge in [0, 0.05) is 17.7 Å². The molecule has 0 aliphatic carbocycles. The standard InChI is InChI=1S/C28H21Cl2N3O6S/c1-3-5-18-12-17(14-23(38-2)25(18)39-15-16-8-10-19(11-9-16)33(36)37)13-20-26(34)31-28(40)32(27(20)35)22-7-4-6-21(29)24(22)30/h3-4,6-14H,1,5,15H2,2H3,(H,31,34,40)/b20-13+. The predicted octanol–water partition coefficient (Wildman–Crippen LogP) is 6.05. The van der Waals surface area contributed by atoms with Gasteiger partial charge in [0.05, 0.1) is 27.8 Å². The summed E-state index contributed by atoms with van der Waals surface area (Å²) in [6, 6.07) is 14.1. The maximum absolute atomic E-state index is 13.5. The molecule has 3 aromatic rings. The van der Waals surface area contributed by atoms with Crippen molar-refractivity contribution in [2.75, 3.05) is 12.0 Å². The molecule has 12 heteroatoms. The van der Waals surface area contributed by atoms with Crippen LogP contribution in [-0.2, 0) is 22.6 Å². The highest BCUT2D eigenvalue weighted by Crippen LogP contribution is 2.37. The predicted molar refractivity (Wildman–Crippen MR) is 157 cm³/mol. The third-order valence-electron chi connectivity index (χ3n) is 5.85. The second-order valence-corrected chi connectivity index (χ2v) is 9.62. The molecule has 1 fully saturated rings. The van der Waals surface area contributed by atoms with Crippen molar-refractivity contribution in [3.8, 4) is 11.5 Å². The molecule has 0 radical (unpaired) electrons. The Labute approximate surface area is 244 Å². The van der Waals surface area contributed by atoms with Gasteiger partial charge in [-0.05, 0) is 72.2 Å². The molecule has 0 aromatic heterocycles. The van der Waals surface area contributed by atoms with E-state index in [-0.39, 0.29) is 38.7 Å². The summed E-state index contributed by atoms with van der Waals surface area (Å²) in [6.45, 7) is 3.91. The van der Waals surface area contributed by atoms with Gasteiger partial charge in [-0.3, -0.25) is 29.9 Å². The molecule has 4 rings (SSSR count). The number of carbonyl (C=O) groups is 2. The lowest BCUT2D eigenvalue weighted by Gasteiger charge is -2.29. The number of nitro benzene ring substituents is 1. The molecule has 2 amide bonds. The lowest BCUT2D eigenvalue weighted by Crippen LogP contribution is -2.54. The summed E-state index contributed by atoms with van der Waals surface area (Å²) < 4.78 is 11.6. The molecule has 1 saturated heterocycles. The van der Waals surface area contributed by atoms with Crippen LogP contribution in [0, 0.1) is 10.1 Å². The van der Waals surface area contributed by atoms with E-state index in [0.29, 0.717) is 34.6 Å². The molecule has 0 atom stereocenters. The number of nitrogens with one attached hydrogen (secondary N) is 1. The molecule has 9 nitrogen and oxygen atoms in total. The van der Waals surface area contributed by atoms with Gasteiger partial charge in [0.25, 0.3) is 17.5 Å². The molecule has 204 valence electrons. The fraction of sp³-hybridized carbons (Fsp3) is 0.107. The zero-order valence-electron chi connectivity index (χ0n) is 21.0. The Hall–Kier alpha value is -4.25. The molecule has 1 heterocycles. The Bertz CT molecular complexity index is 1570. The summed E-state index contributed by atoms with van der Waals surface area (Å²) in [6.07, 6.45) is 3.47. The molecule has 0 unspecified atom stereocenters. The summed E-state index contributed by atoms with van der Waals surface area (Å²) >= 11 is 17.7. The molecular formula is C28H21Cl2N3O6S. The van der Waals surface area contributed by atoms with Crippen LogP contribution in [0.25, 0.3) is 6.08 Å². The van der Waals surface area contributed by atoms with Crippen molar-refractivity contribution < 1.29 is 24.0 Å². The number of hydrogen-bond acceptors (Lipinski definition) is 7. The largest absolute Gasteiger partial charge is 0.493 e. The molecule has 0 spiro atoms. The number of carbonyl (C=O) groups excluding carboxylic acids is 2. The van der Waals surface area contributed by atoms with Crippen molar-refractivity contribution in [2.24, 2.45) is 0 Å². The summed E-state index contributed by atoms with van der Waals surface area (Å²) in [4.78, 5) is 37.8. The maximum Gasteiger partial charge on any atom is 0.270 e. The van der Waals surface area contributed by atoms with Crippen molar-refractivity contribution in [3.05, 3.63) is 110 Å². The second kappa shape index (κ2) is 12.3. The zero-order chi connectivity index (χ0) is 29.0. The topological polar surface area (TPSA) is 111 Å². The van der Waals surface area contributed by atoms with E-state index in [2.05, 4.69) is 11.9 Å². The van der Waals surface area contributed by atoms with E-state index in [4.69, 9.17) is 44.9 Å². The number of methoxy groups -OCH3 is 1. The van der Waals surface area contributed by atoms with Crippen LogP contribution in [0.4, 0.5) is 11.4 Å². The van der Waals surface area contributed by atoms with Gasteiger partial charge in [0.1, 0.15) is 12.2 Å². The van der Waals surface area contributed by atoms with Crippen molar-refractivity contribution in [1.82, 2.24) is 5.32 Å². The third-order valence-corrected chi connectivity index (χ3v) is 6.95. The monoisotopic (exact) mass is 597 g/mol. The van der Waals surface area contributed by atoms with Crippen LogP contribution in [0.5, 0.6) is 11.5 Å². The number of nitrogens with zero attached hydrogens (tertiary/aromatic N) is 2. The van der Waals surface area contributed by atoms with Crippen molar-refractivity contribution >= 4 is 69.8 Å². The molecule has 0 bridgehead atoms. The first-order chi connectivity index (χ1) is 19.1. The van der Waals surface area contributed by atoms with E-state index in [0.717, 1.165) is 4.90 Å². The minimum Gasteiger partial charge on any atom is -0.493 e. The van der Waals surface area contributed by atoms with Gasteiger partial charge in [-0.1, -0.05) is 35.3 Å². The average Bonchev–Trinajstić information content (AvgIpc) is 2.92. The van der Waals surface area contributed by atoms with Crippen molar-refractivity contribution in [2.45, 2.75) is 13.0 Å². The molecule has 40 heavy (non-hydrogen) atoms. The van der Waals surface area contributed by atoms with Gasteiger partial charge in [-0.15, -0.1) is 6.58 Å². The Kier molecular flexibility index (Phi) is 8.83. The lowest BCUT2D eigenvalue weighted by molar-refractivity contribution is -0.384. The third kappa shape index (κ3) is 5.99. The van der Waals surface area contributed by atoms with E-state index in [1.54, 1.807) is 48.5 Å². The van der Waals surface area contributed by atoms with Gasteiger partial charge in [-0.25, -0.2) is 0 Å². The minimum absolute atomic E-state index is 0.0238. The number of non-ortho nitro benzene ring substituents is 1. The summed E-state index contributed by atoms with van der Waals surface area (Å²) in [5.41, 5.74) is 1.90. The van der Waals surface area contributed by atoms with Crippen LogP contribution in [0.3, 0.4) is 0 Å². The van der Waals surface area contributed by atoms with Crippen LogP contribution in [0.2, 0.25) is 10.0 Å². The number of ether oxygens (including phenoxy) is 2. The Balaban J connectivity index is 1.69. The van der Waals surface area contributed by atoms with E-state index in [9.17, 15) is 19.7 Å². The maximum atomic E-state index is 13.5. The van der Waals surface area contributed by atoms with E-state index in [1.807, 2.05) is 0 Å². The van der Waals surface area contributed by atoms with Gasteiger partial charge in [0.2, 0.25) is 0 Å². The zero-order valence-corrected chi connectivity index (χ0v) is 23.3. The lowest BCUT2D eigenvalue weighted by atomic mass is 10.0. The summed E-state index contributed by atoms with van der Waals surface area (Å²) in [7, 11) is 1.46. The van der Waals surface area contributed by atoms with Crippen molar-refractivity contribution in [1.29, 1.82) is 0 Å². The van der Waals surface area contributed by atoms with E-state index >= 15 is 0 Å². The van der Waals surface area contributed by atoms with Gasteiger partial charge < -0.3 is 9.47 Å². The molecule has 1 aliphatic rings. The SMILES string of the molecule is C=CCc1cc(/C=C2\C(=O)NC(=S)N(c3cccc(Cl)c3Cl)C2=O)cc(OC)c1OCc1ccc([N+](=O)[O-])cc1. The Morgan fingerprint density at radius 3 is 2.52 bits per heavy atom. The number of halogens is 2. The quantitative estimate of drug-likeness (QED) is 0.0798.